The van der Waals surface area contributed by atoms with E-state index in [1.807, 2.05) is 13.0 Å². The molecule has 0 saturated carbocycles. The molecule has 13 heavy (non-hydrogen) atoms. The molecule has 0 fully saturated rings. The van der Waals surface area contributed by atoms with E-state index in [1.54, 1.807) is 6.08 Å². The maximum absolute atomic E-state index is 11.0. The summed E-state index contributed by atoms with van der Waals surface area (Å²) in [6, 6.07) is 0. The van der Waals surface area contributed by atoms with Crippen molar-refractivity contribution in [1.82, 2.24) is 0 Å². The average Bonchev–Trinajstić information content (AvgIpc) is 2.08. The molecule has 0 amide bonds. The number of ether oxygens (including phenoxy) is 1. The van der Waals surface area contributed by atoms with Crippen molar-refractivity contribution in [3.8, 4) is 0 Å². The van der Waals surface area contributed by atoms with Crippen LogP contribution in [0.4, 0.5) is 0 Å². The van der Waals surface area contributed by atoms with E-state index < -0.39 is 6.10 Å². The third-order valence-electron chi connectivity index (χ3n) is 1.82. The Morgan fingerprint density at radius 3 is 3.08 bits per heavy atom. The number of esters is 1. The number of hydrogen-bond acceptors (Lipinski definition) is 3. The summed E-state index contributed by atoms with van der Waals surface area (Å²) in [6.07, 6.45) is 7.11. The van der Waals surface area contributed by atoms with Gasteiger partial charge in [-0.2, -0.15) is 0 Å². The Kier molecular flexibility index (Phi) is 3.71. The van der Waals surface area contributed by atoms with Crippen LogP contribution in [0.2, 0.25) is 0 Å². The zero-order chi connectivity index (χ0) is 9.68. The van der Waals surface area contributed by atoms with Gasteiger partial charge in [-0.1, -0.05) is 12.2 Å². The van der Waals surface area contributed by atoms with Crippen LogP contribution in [-0.2, 0) is 9.53 Å². The molecule has 0 saturated heterocycles. The summed E-state index contributed by atoms with van der Waals surface area (Å²) in [4.78, 5) is 11.0. The fourth-order valence-electron chi connectivity index (χ4n) is 1.10. The van der Waals surface area contributed by atoms with E-state index in [9.17, 15) is 9.90 Å². The quantitative estimate of drug-likeness (QED) is 0.452. The molecule has 0 spiro atoms. The highest BCUT2D eigenvalue weighted by Crippen LogP contribution is 2.06. The van der Waals surface area contributed by atoms with Gasteiger partial charge in [0.2, 0.25) is 0 Å². The zero-order valence-electron chi connectivity index (χ0n) is 7.64. The maximum atomic E-state index is 11.0. The molecule has 1 aliphatic rings. The molecule has 0 aliphatic carbocycles. The molecule has 72 valence electrons. The smallest absolute Gasteiger partial charge is 0.330 e. The van der Waals surface area contributed by atoms with Gasteiger partial charge in [0.1, 0.15) is 0 Å². The third kappa shape index (κ3) is 3.90. The Labute approximate surface area is 77.7 Å². The van der Waals surface area contributed by atoms with E-state index in [0.717, 1.165) is 12.8 Å². The Hall–Kier alpha value is -1.09. The number of cyclic esters (lactones) is 1. The number of hydrogen-bond donors (Lipinski definition) is 1. The fraction of sp³-hybridized carbons (Fsp3) is 0.500. The summed E-state index contributed by atoms with van der Waals surface area (Å²) in [5.74, 6) is -0.387. The number of aliphatic hydroxyl groups is 1. The highest BCUT2D eigenvalue weighted by Gasteiger charge is 2.07. The SMILES string of the molecule is C[C@@H]1CC/C=C/C(O)/C=C\C(=O)O1. The van der Waals surface area contributed by atoms with E-state index >= 15 is 0 Å². The number of aliphatic hydroxyl groups excluding tert-OH is 1. The lowest BCUT2D eigenvalue weighted by Crippen LogP contribution is -2.14. The molecule has 1 aliphatic heterocycles. The third-order valence-corrected chi connectivity index (χ3v) is 1.82. The summed E-state index contributed by atoms with van der Waals surface area (Å²) in [6.45, 7) is 1.86. The second-order valence-electron chi connectivity index (χ2n) is 3.10. The highest BCUT2D eigenvalue weighted by molar-refractivity contribution is 5.82. The summed E-state index contributed by atoms with van der Waals surface area (Å²) < 4.78 is 5.00. The molecular weight excluding hydrogens is 168 g/mol. The second-order valence-corrected chi connectivity index (χ2v) is 3.10. The maximum Gasteiger partial charge on any atom is 0.330 e. The van der Waals surface area contributed by atoms with Crippen LogP contribution in [0.15, 0.2) is 24.3 Å². The molecule has 0 aromatic rings. The van der Waals surface area contributed by atoms with Crippen molar-refractivity contribution >= 4 is 5.97 Å². The van der Waals surface area contributed by atoms with Crippen LogP contribution >= 0.6 is 0 Å². The summed E-state index contributed by atoms with van der Waals surface area (Å²) >= 11 is 0. The van der Waals surface area contributed by atoms with Crippen molar-refractivity contribution in [1.29, 1.82) is 0 Å². The molecule has 1 rings (SSSR count). The first kappa shape index (κ1) is 9.99. The van der Waals surface area contributed by atoms with Gasteiger partial charge >= 0.3 is 5.97 Å². The van der Waals surface area contributed by atoms with Crippen molar-refractivity contribution in [3.63, 3.8) is 0 Å². The van der Waals surface area contributed by atoms with Gasteiger partial charge in [-0.05, 0) is 25.8 Å². The van der Waals surface area contributed by atoms with Gasteiger partial charge in [0, 0.05) is 6.08 Å². The Bertz CT molecular complexity index is 230. The van der Waals surface area contributed by atoms with E-state index in [0.29, 0.717) is 0 Å². The Morgan fingerprint density at radius 1 is 1.54 bits per heavy atom. The van der Waals surface area contributed by atoms with Gasteiger partial charge < -0.3 is 9.84 Å². The van der Waals surface area contributed by atoms with Crippen LogP contribution in [0.5, 0.6) is 0 Å². The minimum absolute atomic E-state index is 0.0583. The largest absolute Gasteiger partial charge is 0.460 e. The molecule has 0 aromatic heterocycles. The predicted octanol–water partition coefficient (Wildman–Crippen LogP) is 1.19. The molecule has 3 nitrogen and oxygen atoms in total. The lowest BCUT2D eigenvalue weighted by Gasteiger charge is -2.11. The number of allylic oxidation sites excluding steroid dienone is 1. The van der Waals surface area contributed by atoms with Crippen molar-refractivity contribution in [3.05, 3.63) is 24.3 Å². The molecule has 1 unspecified atom stereocenters. The number of rotatable bonds is 0. The molecule has 0 bridgehead atoms. The van der Waals surface area contributed by atoms with Gasteiger partial charge in [-0.3, -0.25) is 0 Å². The number of carbonyl (C=O) groups excluding carboxylic acids is 1. The molecule has 0 aromatic carbocycles. The van der Waals surface area contributed by atoms with E-state index in [1.165, 1.54) is 12.2 Å². The fourth-order valence-corrected chi connectivity index (χ4v) is 1.10. The summed E-state index contributed by atoms with van der Waals surface area (Å²) in [7, 11) is 0. The minimum atomic E-state index is -0.680. The standard InChI is InChI=1S/C10H14O3/c1-8-4-2-3-5-9(11)6-7-10(12)13-8/h3,5-9,11H,2,4H2,1H3/b5-3+,7-6-/t8-,9?/m1/s1. The minimum Gasteiger partial charge on any atom is -0.460 e. The highest BCUT2D eigenvalue weighted by atomic mass is 16.5. The van der Waals surface area contributed by atoms with E-state index in [-0.39, 0.29) is 12.1 Å². The van der Waals surface area contributed by atoms with Crippen LogP contribution in [0, 0.1) is 0 Å². The Balaban J connectivity index is 2.62. The Morgan fingerprint density at radius 2 is 2.31 bits per heavy atom. The van der Waals surface area contributed by atoms with Crippen LogP contribution < -0.4 is 0 Å². The molecule has 1 N–H and O–H groups in total. The predicted molar refractivity (Wildman–Crippen MR) is 49.1 cm³/mol. The van der Waals surface area contributed by atoms with Crippen molar-refractivity contribution < 1.29 is 14.6 Å². The normalized spacial score (nSPS) is 34.8. The molecular formula is C10H14O3. The monoisotopic (exact) mass is 182 g/mol. The van der Waals surface area contributed by atoms with Crippen molar-refractivity contribution in [2.45, 2.75) is 32.0 Å². The zero-order valence-corrected chi connectivity index (χ0v) is 7.64. The van der Waals surface area contributed by atoms with Gasteiger partial charge in [-0.15, -0.1) is 0 Å². The molecule has 1 heterocycles. The van der Waals surface area contributed by atoms with Crippen LogP contribution in [0.3, 0.4) is 0 Å². The first-order valence-corrected chi connectivity index (χ1v) is 4.42. The topological polar surface area (TPSA) is 46.5 Å². The van der Waals surface area contributed by atoms with Crippen LogP contribution in [0.1, 0.15) is 19.8 Å². The van der Waals surface area contributed by atoms with E-state index in [4.69, 9.17) is 4.74 Å². The molecule has 0 radical (unpaired) electrons. The van der Waals surface area contributed by atoms with Crippen LogP contribution in [-0.4, -0.2) is 23.3 Å². The van der Waals surface area contributed by atoms with Crippen molar-refractivity contribution in [2.24, 2.45) is 0 Å². The average molecular weight is 182 g/mol. The van der Waals surface area contributed by atoms with Gasteiger partial charge in [0.25, 0.3) is 0 Å². The first-order valence-electron chi connectivity index (χ1n) is 4.42. The molecule has 3 heteroatoms. The molecule has 2 atom stereocenters. The van der Waals surface area contributed by atoms with E-state index in [2.05, 4.69) is 0 Å². The lowest BCUT2D eigenvalue weighted by atomic mass is 10.2. The number of carbonyl (C=O) groups is 1. The summed E-state index contributed by atoms with van der Waals surface area (Å²) in [5.41, 5.74) is 0. The van der Waals surface area contributed by atoms with Crippen LogP contribution in [0.25, 0.3) is 0 Å². The van der Waals surface area contributed by atoms with Gasteiger partial charge in [-0.25, -0.2) is 4.79 Å². The van der Waals surface area contributed by atoms with Crippen molar-refractivity contribution in [2.75, 3.05) is 0 Å². The second kappa shape index (κ2) is 4.82. The first-order chi connectivity index (χ1) is 6.18. The van der Waals surface area contributed by atoms with Gasteiger partial charge in [0.05, 0.1) is 12.2 Å². The summed E-state index contributed by atoms with van der Waals surface area (Å²) in [5, 5.41) is 9.23. The van der Waals surface area contributed by atoms with Gasteiger partial charge in [0.15, 0.2) is 0 Å². The lowest BCUT2D eigenvalue weighted by molar-refractivity contribution is -0.142.